The van der Waals surface area contributed by atoms with Gasteiger partial charge in [0.25, 0.3) is 0 Å². The number of rotatable bonds is 5. The molecule has 150 valence electrons. The van der Waals surface area contributed by atoms with E-state index in [1.54, 1.807) is 18.0 Å². The third-order valence-corrected chi connectivity index (χ3v) is 6.59. The Morgan fingerprint density at radius 1 is 1.03 bits per heavy atom. The van der Waals surface area contributed by atoms with Crippen molar-refractivity contribution in [3.8, 4) is 0 Å². The smallest absolute Gasteiger partial charge is 0.232 e. The van der Waals surface area contributed by atoms with Gasteiger partial charge in [-0.1, -0.05) is 41.9 Å². The third-order valence-electron chi connectivity index (χ3n) is 5.24. The number of pyridine rings is 1. The van der Waals surface area contributed by atoms with Gasteiger partial charge in [0, 0.05) is 60.4 Å². The molecule has 0 bridgehead atoms. The maximum Gasteiger partial charge on any atom is 0.232 e. The molecule has 0 saturated carbocycles. The Bertz CT molecular complexity index is 977. The molecule has 1 aliphatic rings. The van der Waals surface area contributed by atoms with Gasteiger partial charge in [0.05, 0.1) is 5.75 Å². The first-order chi connectivity index (χ1) is 14.2. The zero-order chi connectivity index (χ0) is 20.1. The number of thioether (sulfide) groups is 1. The predicted octanol–water partition coefficient (Wildman–Crippen LogP) is 4.71. The molecule has 1 aliphatic heterocycles. The lowest BCUT2D eigenvalue weighted by molar-refractivity contribution is -0.128. The first-order valence-electron chi connectivity index (χ1n) is 9.90. The van der Waals surface area contributed by atoms with Gasteiger partial charge in [0.2, 0.25) is 5.91 Å². The highest BCUT2D eigenvalue weighted by Gasteiger charge is 2.19. The number of hydrogen-bond acceptors (Lipinski definition) is 4. The molecule has 6 heteroatoms. The number of fused-ring (bicyclic) bond motifs is 1. The van der Waals surface area contributed by atoms with Crippen LogP contribution in [0.3, 0.4) is 0 Å². The summed E-state index contributed by atoms with van der Waals surface area (Å²) in [4.78, 5) is 22.5. The van der Waals surface area contributed by atoms with Gasteiger partial charge in [-0.3, -0.25) is 14.7 Å². The Labute approximate surface area is 180 Å². The van der Waals surface area contributed by atoms with Crippen molar-refractivity contribution in [2.75, 3.05) is 31.9 Å². The average Bonchev–Trinajstić information content (AvgIpc) is 2.98. The summed E-state index contributed by atoms with van der Waals surface area (Å²) in [7, 11) is 0. The lowest BCUT2D eigenvalue weighted by atomic mass is 10.1. The number of carbonyl (C=O) groups excluding carboxylic acids is 1. The molecular formula is C23H24ClN3OS. The molecule has 1 aromatic heterocycles. The van der Waals surface area contributed by atoms with Crippen LogP contribution in [0.5, 0.6) is 0 Å². The second-order valence-electron chi connectivity index (χ2n) is 7.25. The van der Waals surface area contributed by atoms with E-state index in [9.17, 15) is 4.79 Å². The van der Waals surface area contributed by atoms with Crippen LogP contribution in [-0.4, -0.2) is 52.6 Å². The standard InChI is InChI=1S/C23H24ClN3OS/c24-20-8-1-6-19-7-2-9-21(23(19)20)29-17-22(28)27-12-4-11-26(13-14-27)16-18-5-3-10-25-15-18/h1-3,5-10,15H,4,11-14,16-17H2. The van der Waals surface area contributed by atoms with Crippen molar-refractivity contribution in [1.82, 2.24) is 14.8 Å². The van der Waals surface area contributed by atoms with Crippen LogP contribution in [0.15, 0.2) is 65.8 Å². The number of benzene rings is 2. The fourth-order valence-electron chi connectivity index (χ4n) is 3.74. The van der Waals surface area contributed by atoms with Crippen LogP contribution in [0.1, 0.15) is 12.0 Å². The Morgan fingerprint density at radius 3 is 2.72 bits per heavy atom. The SMILES string of the molecule is O=C(CSc1cccc2cccc(Cl)c12)N1CCCN(Cc2cccnc2)CC1. The predicted molar refractivity (Wildman–Crippen MR) is 120 cm³/mol. The van der Waals surface area contributed by atoms with E-state index < -0.39 is 0 Å². The van der Waals surface area contributed by atoms with Crippen molar-refractivity contribution in [2.24, 2.45) is 0 Å². The second-order valence-corrected chi connectivity index (χ2v) is 8.68. The molecule has 2 heterocycles. The molecule has 0 atom stereocenters. The summed E-state index contributed by atoms with van der Waals surface area (Å²) in [5.74, 6) is 0.634. The molecule has 0 radical (unpaired) electrons. The van der Waals surface area contributed by atoms with Crippen LogP contribution in [-0.2, 0) is 11.3 Å². The zero-order valence-electron chi connectivity index (χ0n) is 16.3. The number of carbonyl (C=O) groups is 1. The van der Waals surface area contributed by atoms with Gasteiger partial charge in [0.15, 0.2) is 0 Å². The van der Waals surface area contributed by atoms with E-state index in [2.05, 4.69) is 28.1 Å². The lowest BCUT2D eigenvalue weighted by Crippen LogP contribution is -2.36. The molecule has 1 fully saturated rings. The maximum absolute atomic E-state index is 12.9. The van der Waals surface area contributed by atoms with E-state index in [4.69, 9.17) is 11.6 Å². The summed E-state index contributed by atoms with van der Waals surface area (Å²) >= 11 is 7.99. The van der Waals surface area contributed by atoms with E-state index in [-0.39, 0.29) is 5.91 Å². The molecule has 4 nitrogen and oxygen atoms in total. The van der Waals surface area contributed by atoms with E-state index >= 15 is 0 Å². The Balaban J connectivity index is 1.35. The van der Waals surface area contributed by atoms with Crippen molar-refractivity contribution in [2.45, 2.75) is 17.9 Å². The number of hydrogen-bond donors (Lipinski definition) is 0. The number of halogens is 1. The van der Waals surface area contributed by atoms with E-state index in [1.807, 2.05) is 41.4 Å². The summed E-state index contributed by atoms with van der Waals surface area (Å²) in [5, 5.41) is 2.88. The highest BCUT2D eigenvalue weighted by molar-refractivity contribution is 8.00. The van der Waals surface area contributed by atoms with Crippen LogP contribution < -0.4 is 0 Å². The van der Waals surface area contributed by atoms with Gasteiger partial charge in [-0.05, 0) is 35.6 Å². The maximum atomic E-state index is 12.9. The van der Waals surface area contributed by atoms with Gasteiger partial charge in [-0.15, -0.1) is 11.8 Å². The van der Waals surface area contributed by atoms with Crippen LogP contribution in [0.2, 0.25) is 5.02 Å². The van der Waals surface area contributed by atoms with Crippen LogP contribution in [0, 0.1) is 0 Å². The summed E-state index contributed by atoms with van der Waals surface area (Å²) in [6.07, 6.45) is 4.71. The Hall–Kier alpha value is -2.08. The largest absolute Gasteiger partial charge is 0.341 e. The number of aromatic nitrogens is 1. The lowest BCUT2D eigenvalue weighted by Gasteiger charge is -2.22. The molecular weight excluding hydrogens is 402 g/mol. The van der Waals surface area contributed by atoms with Crippen molar-refractivity contribution < 1.29 is 4.79 Å². The van der Waals surface area contributed by atoms with Crippen molar-refractivity contribution >= 4 is 40.0 Å². The minimum atomic E-state index is 0.197. The quantitative estimate of drug-likeness (QED) is 0.554. The zero-order valence-corrected chi connectivity index (χ0v) is 17.8. The van der Waals surface area contributed by atoms with Gasteiger partial charge in [-0.25, -0.2) is 0 Å². The summed E-state index contributed by atoms with van der Waals surface area (Å²) in [6.45, 7) is 4.38. The van der Waals surface area contributed by atoms with Crippen molar-refractivity contribution in [3.05, 3.63) is 71.5 Å². The molecule has 4 rings (SSSR count). The van der Waals surface area contributed by atoms with Gasteiger partial charge in [0.1, 0.15) is 0 Å². The van der Waals surface area contributed by atoms with E-state index in [0.717, 1.165) is 59.8 Å². The van der Waals surface area contributed by atoms with Crippen LogP contribution in [0.25, 0.3) is 10.8 Å². The van der Waals surface area contributed by atoms with Gasteiger partial charge >= 0.3 is 0 Å². The van der Waals surface area contributed by atoms with Crippen LogP contribution >= 0.6 is 23.4 Å². The Morgan fingerprint density at radius 2 is 1.90 bits per heavy atom. The molecule has 1 amide bonds. The first kappa shape index (κ1) is 20.2. The molecule has 0 aliphatic carbocycles. The minimum Gasteiger partial charge on any atom is -0.341 e. The number of amides is 1. The molecule has 0 unspecified atom stereocenters. The molecule has 1 saturated heterocycles. The van der Waals surface area contributed by atoms with Crippen LogP contribution in [0.4, 0.5) is 0 Å². The third kappa shape index (κ3) is 5.10. The molecule has 29 heavy (non-hydrogen) atoms. The summed E-state index contributed by atoms with van der Waals surface area (Å²) < 4.78 is 0. The van der Waals surface area contributed by atoms with E-state index in [1.165, 1.54) is 5.56 Å². The summed E-state index contributed by atoms with van der Waals surface area (Å²) in [6, 6.07) is 16.1. The van der Waals surface area contributed by atoms with Gasteiger partial charge in [-0.2, -0.15) is 0 Å². The molecule has 0 N–H and O–H groups in total. The monoisotopic (exact) mass is 425 g/mol. The second kappa shape index (κ2) is 9.61. The van der Waals surface area contributed by atoms with E-state index in [0.29, 0.717) is 5.75 Å². The molecule has 2 aromatic carbocycles. The van der Waals surface area contributed by atoms with Crippen molar-refractivity contribution in [3.63, 3.8) is 0 Å². The first-order valence-corrected chi connectivity index (χ1v) is 11.3. The Kier molecular flexibility index (Phi) is 6.70. The van der Waals surface area contributed by atoms with Crippen molar-refractivity contribution in [1.29, 1.82) is 0 Å². The fourth-order valence-corrected chi connectivity index (χ4v) is 5.09. The molecule has 0 spiro atoms. The summed E-state index contributed by atoms with van der Waals surface area (Å²) in [5.41, 5.74) is 1.22. The topological polar surface area (TPSA) is 36.4 Å². The highest BCUT2D eigenvalue weighted by Crippen LogP contribution is 2.33. The fraction of sp³-hybridized carbons (Fsp3) is 0.304. The number of nitrogens with zero attached hydrogens (tertiary/aromatic N) is 3. The molecule has 3 aromatic rings. The average molecular weight is 426 g/mol. The highest BCUT2D eigenvalue weighted by atomic mass is 35.5. The van der Waals surface area contributed by atoms with Gasteiger partial charge < -0.3 is 4.90 Å². The minimum absolute atomic E-state index is 0.197. The normalized spacial score (nSPS) is 15.4.